The Labute approximate surface area is 290 Å². The maximum absolute atomic E-state index is 12.4. The van der Waals surface area contributed by atoms with Crippen molar-refractivity contribution in [3.8, 4) is 0 Å². The molecule has 2 aliphatic heterocycles. The molecule has 2 aliphatic rings. The molecule has 0 aromatic heterocycles. The third-order valence-corrected chi connectivity index (χ3v) is 7.85. The lowest BCUT2D eigenvalue weighted by Crippen LogP contribution is -2.68. The van der Waals surface area contributed by atoms with Gasteiger partial charge < -0.3 is 53.1 Å². The lowest BCUT2D eigenvalue weighted by molar-refractivity contribution is -0.350. The van der Waals surface area contributed by atoms with Gasteiger partial charge in [-0.15, -0.1) is 0 Å². The van der Waals surface area contributed by atoms with E-state index in [4.69, 9.17) is 42.6 Å². The molecule has 2 aromatic rings. The molecular weight excluding hydrogens is 658 g/mol. The Hall–Kier alpha value is -3.96. The fraction of sp³-hybridized carbons (Fsp3) is 0.543. The van der Waals surface area contributed by atoms with E-state index >= 15 is 0 Å². The number of carbonyl (C=O) groups is 4. The number of benzene rings is 2. The van der Waals surface area contributed by atoms with Gasteiger partial charge in [-0.25, -0.2) is 0 Å². The second-order valence-electron chi connectivity index (χ2n) is 11.9. The van der Waals surface area contributed by atoms with E-state index in [-0.39, 0.29) is 26.4 Å². The van der Waals surface area contributed by atoms with Crippen LogP contribution in [0.1, 0.15) is 38.8 Å². The topological polar surface area (TPSA) is 184 Å². The van der Waals surface area contributed by atoms with Crippen molar-refractivity contribution in [1.29, 1.82) is 0 Å². The zero-order valence-corrected chi connectivity index (χ0v) is 28.6. The van der Waals surface area contributed by atoms with Gasteiger partial charge in [0.1, 0.15) is 30.5 Å². The van der Waals surface area contributed by atoms with E-state index in [0.717, 1.165) is 25.0 Å². The molecule has 1 amide bonds. The Morgan fingerprint density at radius 3 is 1.60 bits per heavy atom. The summed E-state index contributed by atoms with van der Waals surface area (Å²) in [6.45, 7) is 4.79. The fourth-order valence-electron chi connectivity index (χ4n) is 5.80. The van der Waals surface area contributed by atoms with Crippen molar-refractivity contribution in [2.45, 2.75) is 102 Å². The maximum Gasteiger partial charge on any atom is 0.303 e. The largest absolute Gasteiger partial charge is 0.456 e. The Bertz CT molecular complexity index is 1390. The average molecular weight is 704 g/mol. The van der Waals surface area contributed by atoms with E-state index in [1.807, 2.05) is 60.7 Å². The fourth-order valence-corrected chi connectivity index (χ4v) is 5.80. The van der Waals surface area contributed by atoms with E-state index in [1.165, 1.54) is 21.0 Å². The smallest absolute Gasteiger partial charge is 0.303 e. The highest BCUT2D eigenvalue weighted by atomic mass is 16.8. The Balaban J connectivity index is 1.66. The molecule has 15 nitrogen and oxygen atoms in total. The van der Waals surface area contributed by atoms with Crippen LogP contribution in [0.15, 0.2) is 60.7 Å². The van der Waals surface area contributed by atoms with Crippen molar-refractivity contribution >= 4 is 23.8 Å². The number of aliphatic hydroxyl groups excluding tert-OH is 1. The quantitative estimate of drug-likeness (QED) is 0.201. The normalized spacial score (nSPS) is 29.4. The molecule has 4 rings (SSSR count). The van der Waals surface area contributed by atoms with E-state index < -0.39 is 85.2 Å². The van der Waals surface area contributed by atoms with Crippen LogP contribution in [-0.4, -0.2) is 111 Å². The summed E-state index contributed by atoms with van der Waals surface area (Å²) in [5, 5.41) is 14.3. The number of hydrogen-bond acceptors (Lipinski definition) is 14. The van der Waals surface area contributed by atoms with Gasteiger partial charge in [0.2, 0.25) is 5.91 Å². The summed E-state index contributed by atoms with van der Waals surface area (Å²) in [6.07, 6.45) is -11.8. The van der Waals surface area contributed by atoms with Gasteiger partial charge in [0.25, 0.3) is 0 Å². The van der Waals surface area contributed by atoms with Crippen LogP contribution in [0.25, 0.3) is 0 Å². The molecule has 50 heavy (non-hydrogen) atoms. The number of ether oxygens (including phenoxy) is 9. The zero-order valence-electron chi connectivity index (χ0n) is 28.6. The number of carbonyl (C=O) groups excluding carboxylic acids is 4. The van der Waals surface area contributed by atoms with E-state index in [9.17, 15) is 24.3 Å². The van der Waals surface area contributed by atoms with Gasteiger partial charge in [0.05, 0.1) is 26.4 Å². The lowest BCUT2D eigenvalue weighted by atomic mass is 9.95. The first-order valence-electron chi connectivity index (χ1n) is 16.2. The van der Waals surface area contributed by atoms with Gasteiger partial charge in [-0.1, -0.05) is 60.7 Å². The molecule has 0 radical (unpaired) electrons. The summed E-state index contributed by atoms with van der Waals surface area (Å²) < 4.78 is 52.9. The van der Waals surface area contributed by atoms with Crippen LogP contribution in [-0.2, 0) is 75.0 Å². The van der Waals surface area contributed by atoms with E-state index in [2.05, 4.69) is 5.32 Å². The number of methoxy groups -OCH3 is 1. The second kappa shape index (κ2) is 18.9. The number of nitrogens with one attached hydrogen (secondary N) is 1. The highest BCUT2D eigenvalue weighted by Gasteiger charge is 2.55. The first-order valence-corrected chi connectivity index (χ1v) is 16.2. The lowest BCUT2D eigenvalue weighted by Gasteiger charge is -2.48. The predicted octanol–water partition coefficient (Wildman–Crippen LogP) is 1.56. The molecule has 2 aromatic carbocycles. The minimum absolute atomic E-state index is 0.110. The molecule has 2 heterocycles. The molecule has 15 heteroatoms. The summed E-state index contributed by atoms with van der Waals surface area (Å²) >= 11 is 0. The molecular formula is C35H45NO14. The molecule has 0 spiro atoms. The van der Waals surface area contributed by atoms with Crippen molar-refractivity contribution in [1.82, 2.24) is 5.32 Å². The second-order valence-corrected chi connectivity index (χ2v) is 11.9. The maximum atomic E-state index is 12.4. The first kappa shape index (κ1) is 38.8. The van der Waals surface area contributed by atoms with Crippen molar-refractivity contribution in [2.75, 3.05) is 20.3 Å². The molecule has 274 valence electrons. The minimum Gasteiger partial charge on any atom is -0.456 e. The Morgan fingerprint density at radius 1 is 0.660 bits per heavy atom. The van der Waals surface area contributed by atoms with Gasteiger partial charge in [-0.2, -0.15) is 0 Å². The molecule has 0 bridgehead atoms. The van der Waals surface area contributed by atoms with Gasteiger partial charge in [-0.3, -0.25) is 19.2 Å². The number of amides is 1. The third kappa shape index (κ3) is 11.0. The van der Waals surface area contributed by atoms with Crippen LogP contribution < -0.4 is 5.32 Å². The standard InChI is InChI=1S/C35H45NO14/c1-20(37)36-28-29(41)30(26(48-34(28)42-5)18-43-16-24-12-8-6-9-13-24)50-35-33(47-23(4)40)32(46-22(3)39)31(45-21(2)38)27(49-35)19-44-17-25-14-10-7-11-15-25/h6-15,26-35,41H,16-19H2,1-5H3,(H,36,37)/t26-,27-,28-,29-,30-,31+,32+,33-,34-,35+/m1/s1. The summed E-state index contributed by atoms with van der Waals surface area (Å²) in [6, 6.07) is 17.5. The highest BCUT2D eigenvalue weighted by molar-refractivity contribution is 5.73. The van der Waals surface area contributed by atoms with Crippen LogP contribution in [0.2, 0.25) is 0 Å². The van der Waals surface area contributed by atoms with Crippen LogP contribution in [0.4, 0.5) is 0 Å². The van der Waals surface area contributed by atoms with Gasteiger partial charge in [0, 0.05) is 34.8 Å². The molecule has 2 saturated heterocycles. The number of aliphatic hydroxyl groups is 1. The molecule has 10 atom stereocenters. The molecule has 0 unspecified atom stereocenters. The third-order valence-electron chi connectivity index (χ3n) is 7.85. The summed E-state index contributed by atoms with van der Waals surface area (Å²) in [5.41, 5.74) is 1.73. The monoisotopic (exact) mass is 703 g/mol. The Morgan fingerprint density at radius 2 is 1.12 bits per heavy atom. The van der Waals surface area contributed by atoms with E-state index in [0.29, 0.717) is 0 Å². The van der Waals surface area contributed by atoms with Crippen LogP contribution >= 0.6 is 0 Å². The summed E-state index contributed by atoms with van der Waals surface area (Å²) in [5.74, 6) is -2.75. The molecule has 2 N–H and O–H groups in total. The number of hydrogen-bond donors (Lipinski definition) is 2. The van der Waals surface area contributed by atoms with Crippen LogP contribution in [0, 0.1) is 0 Å². The van der Waals surface area contributed by atoms with Crippen molar-refractivity contribution < 1.29 is 66.9 Å². The van der Waals surface area contributed by atoms with Gasteiger partial charge in [0.15, 0.2) is 30.9 Å². The molecule has 0 saturated carbocycles. The van der Waals surface area contributed by atoms with Crippen molar-refractivity contribution in [3.05, 3.63) is 71.8 Å². The van der Waals surface area contributed by atoms with E-state index in [1.54, 1.807) is 0 Å². The van der Waals surface area contributed by atoms with Crippen molar-refractivity contribution in [3.63, 3.8) is 0 Å². The van der Waals surface area contributed by atoms with Crippen molar-refractivity contribution in [2.24, 2.45) is 0 Å². The Kier molecular flexibility index (Phi) is 14.7. The zero-order chi connectivity index (χ0) is 36.2. The molecule has 2 fully saturated rings. The molecule has 0 aliphatic carbocycles. The average Bonchev–Trinajstić information content (AvgIpc) is 3.07. The number of rotatable bonds is 15. The first-order chi connectivity index (χ1) is 24.0. The van der Waals surface area contributed by atoms with Crippen LogP contribution in [0.5, 0.6) is 0 Å². The summed E-state index contributed by atoms with van der Waals surface area (Å²) in [4.78, 5) is 49.2. The summed E-state index contributed by atoms with van der Waals surface area (Å²) in [7, 11) is 1.36. The predicted molar refractivity (Wildman–Crippen MR) is 172 cm³/mol. The SMILES string of the molecule is CO[C@@H]1O[C@H](COCc2ccccc2)[C@@H](O[C@@H]2O[C@H](COCc3ccccc3)[C@H](OC(C)=O)[C@H](OC(C)=O)[C@H]2OC(C)=O)[C@H](O)[C@H]1NC(C)=O. The van der Waals surface area contributed by atoms with Gasteiger partial charge in [-0.05, 0) is 11.1 Å². The number of esters is 3. The minimum atomic E-state index is -1.54. The highest BCUT2D eigenvalue weighted by Crippen LogP contribution is 2.34. The van der Waals surface area contributed by atoms with Crippen LogP contribution in [0.3, 0.4) is 0 Å². The van der Waals surface area contributed by atoms with Gasteiger partial charge >= 0.3 is 17.9 Å².